The van der Waals surface area contributed by atoms with Crippen molar-refractivity contribution < 1.29 is 14.7 Å². The fourth-order valence-corrected chi connectivity index (χ4v) is 3.21. The molecule has 0 saturated heterocycles. The van der Waals surface area contributed by atoms with Crippen molar-refractivity contribution in [3.05, 3.63) is 30.5 Å². The van der Waals surface area contributed by atoms with Gasteiger partial charge in [-0.05, 0) is 37.1 Å². The first kappa shape index (κ1) is 16.5. The first-order valence-electron chi connectivity index (χ1n) is 8.44. The number of rotatable bonds is 3. The predicted octanol–water partition coefficient (Wildman–Crippen LogP) is 2.31. The van der Waals surface area contributed by atoms with Crippen LogP contribution in [0.1, 0.15) is 38.5 Å². The number of aromatic nitrogens is 1. The van der Waals surface area contributed by atoms with E-state index in [0.29, 0.717) is 18.5 Å². The molecule has 1 aliphatic carbocycles. The summed E-state index contributed by atoms with van der Waals surface area (Å²) in [5.41, 5.74) is 0.639. The molecule has 1 fully saturated rings. The maximum atomic E-state index is 12.0. The lowest BCUT2D eigenvalue weighted by Gasteiger charge is -2.26. The molecule has 4 N–H and O–H groups in total. The summed E-state index contributed by atoms with van der Waals surface area (Å²) >= 11 is 0. The lowest BCUT2D eigenvalue weighted by molar-refractivity contribution is -0.136. The highest BCUT2D eigenvalue weighted by atomic mass is 16.3. The van der Waals surface area contributed by atoms with Crippen LogP contribution in [0, 0.1) is 0 Å². The zero-order chi connectivity index (χ0) is 17.0. The number of amides is 2. The van der Waals surface area contributed by atoms with Crippen LogP contribution in [0.3, 0.4) is 0 Å². The highest BCUT2D eigenvalue weighted by Crippen LogP contribution is 2.26. The molecule has 0 bridgehead atoms. The molecule has 6 nitrogen and oxygen atoms in total. The summed E-state index contributed by atoms with van der Waals surface area (Å²) in [6.07, 6.45) is 7.27. The first-order chi connectivity index (χ1) is 11.6. The first-order valence-corrected chi connectivity index (χ1v) is 8.44. The zero-order valence-corrected chi connectivity index (χ0v) is 13.6. The van der Waals surface area contributed by atoms with Gasteiger partial charge in [-0.1, -0.05) is 25.7 Å². The Labute approximate surface area is 140 Å². The lowest BCUT2D eigenvalue weighted by atomic mass is 9.94. The fraction of sp³-hybridized carbons (Fsp3) is 0.444. The van der Waals surface area contributed by atoms with E-state index in [1.807, 2.05) is 18.3 Å². The van der Waals surface area contributed by atoms with E-state index in [-0.39, 0.29) is 6.54 Å². The minimum Gasteiger partial charge on any atom is -0.388 e. The maximum Gasteiger partial charge on any atom is 0.313 e. The van der Waals surface area contributed by atoms with Crippen molar-refractivity contribution in [2.24, 2.45) is 0 Å². The van der Waals surface area contributed by atoms with E-state index in [0.717, 1.165) is 36.6 Å². The minimum atomic E-state index is -0.892. The van der Waals surface area contributed by atoms with Gasteiger partial charge in [0.25, 0.3) is 0 Å². The molecular weight excluding hydrogens is 306 g/mol. The van der Waals surface area contributed by atoms with Crippen molar-refractivity contribution in [3.8, 4) is 0 Å². The van der Waals surface area contributed by atoms with E-state index in [1.165, 1.54) is 0 Å². The summed E-state index contributed by atoms with van der Waals surface area (Å²) in [4.78, 5) is 27.1. The third kappa shape index (κ3) is 3.94. The van der Waals surface area contributed by atoms with Crippen LogP contribution in [0.15, 0.2) is 30.5 Å². The number of hydrogen-bond acceptors (Lipinski definition) is 3. The van der Waals surface area contributed by atoms with Gasteiger partial charge in [0.1, 0.15) is 0 Å². The number of H-pyrrole nitrogens is 1. The largest absolute Gasteiger partial charge is 0.388 e. The number of anilines is 1. The monoisotopic (exact) mass is 329 g/mol. The number of fused-ring (bicyclic) bond motifs is 1. The quantitative estimate of drug-likeness (QED) is 0.514. The number of aliphatic hydroxyl groups is 1. The minimum absolute atomic E-state index is 0.121. The zero-order valence-electron chi connectivity index (χ0n) is 13.6. The summed E-state index contributed by atoms with van der Waals surface area (Å²) in [6.45, 7) is 0.121. The Morgan fingerprint density at radius 2 is 1.83 bits per heavy atom. The third-order valence-corrected chi connectivity index (χ3v) is 4.63. The number of hydrogen-bond donors (Lipinski definition) is 4. The van der Waals surface area contributed by atoms with Crippen LogP contribution in [-0.2, 0) is 9.59 Å². The van der Waals surface area contributed by atoms with Crippen molar-refractivity contribution in [2.75, 3.05) is 11.9 Å². The molecule has 1 aliphatic rings. The van der Waals surface area contributed by atoms with Gasteiger partial charge in [0.15, 0.2) is 0 Å². The normalized spacial score (nSPS) is 17.2. The van der Waals surface area contributed by atoms with Crippen LogP contribution < -0.4 is 10.6 Å². The maximum absolute atomic E-state index is 12.0. The summed E-state index contributed by atoms with van der Waals surface area (Å²) in [5, 5.41) is 16.6. The molecule has 1 heterocycles. The van der Waals surface area contributed by atoms with Crippen LogP contribution in [0.2, 0.25) is 0 Å². The molecule has 0 radical (unpaired) electrons. The predicted molar refractivity (Wildman–Crippen MR) is 92.6 cm³/mol. The molecule has 1 saturated carbocycles. The van der Waals surface area contributed by atoms with Crippen molar-refractivity contribution in [1.29, 1.82) is 0 Å². The molecule has 24 heavy (non-hydrogen) atoms. The Morgan fingerprint density at radius 3 is 2.58 bits per heavy atom. The smallest absolute Gasteiger partial charge is 0.313 e. The Hall–Kier alpha value is -2.34. The van der Waals surface area contributed by atoms with Crippen LogP contribution in [-0.4, -0.2) is 34.1 Å². The molecular formula is C18H23N3O3. The van der Waals surface area contributed by atoms with Crippen molar-refractivity contribution in [2.45, 2.75) is 44.1 Å². The van der Waals surface area contributed by atoms with Crippen LogP contribution in [0.5, 0.6) is 0 Å². The molecule has 3 rings (SSSR count). The second-order valence-electron chi connectivity index (χ2n) is 6.56. The van der Waals surface area contributed by atoms with E-state index < -0.39 is 17.4 Å². The van der Waals surface area contributed by atoms with Gasteiger partial charge in [-0.15, -0.1) is 0 Å². The number of benzene rings is 1. The average molecular weight is 329 g/mol. The molecule has 6 heteroatoms. The lowest BCUT2D eigenvalue weighted by Crippen LogP contribution is -2.46. The Kier molecular flexibility index (Phi) is 4.85. The molecule has 128 valence electrons. The SMILES string of the molecule is O=C(NCC1(O)CCCCCC1)C(=O)Nc1ccc2[nH]ccc2c1. The van der Waals surface area contributed by atoms with E-state index in [1.54, 1.807) is 12.1 Å². The molecule has 0 spiro atoms. The Balaban J connectivity index is 1.55. The number of carbonyl (C=O) groups excluding carboxylic acids is 2. The second kappa shape index (κ2) is 7.05. The third-order valence-electron chi connectivity index (χ3n) is 4.63. The molecule has 0 atom stereocenters. The van der Waals surface area contributed by atoms with Gasteiger partial charge < -0.3 is 20.7 Å². The van der Waals surface area contributed by atoms with Crippen molar-refractivity contribution in [3.63, 3.8) is 0 Å². The van der Waals surface area contributed by atoms with Gasteiger partial charge in [-0.3, -0.25) is 9.59 Å². The van der Waals surface area contributed by atoms with Crippen LogP contribution in [0.25, 0.3) is 10.9 Å². The molecule has 1 aromatic carbocycles. The second-order valence-corrected chi connectivity index (χ2v) is 6.56. The summed E-state index contributed by atoms with van der Waals surface area (Å²) < 4.78 is 0. The van der Waals surface area contributed by atoms with Gasteiger partial charge >= 0.3 is 11.8 Å². The van der Waals surface area contributed by atoms with E-state index in [9.17, 15) is 14.7 Å². The van der Waals surface area contributed by atoms with Gasteiger partial charge in [0.2, 0.25) is 0 Å². The highest BCUT2D eigenvalue weighted by Gasteiger charge is 2.29. The molecule has 0 unspecified atom stereocenters. The molecule has 1 aromatic heterocycles. The van der Waals surface area contributed by atoms with Crippen LogP contribution in [0.4, 0.5) is 5.69 Å². The van der Waals surface area contributed by atoms with Gasteiger partial charge in [0, 0.05) is 29.3 Å². The Bertz CT molecular complexity index is 730. The summed E-state index contributed by atoms with van der Waals surface area (Å²) in [7, 11) is 0. The fourth-order valence-electron chi connectivity index (χ4n) is 3.21. The number of carbonyl (C=O) groups is 2. The van der Waals surface area contributed by atoms with Crippen molar-refractivity contribution >= 4 is 28.4 Å². The number of aromatic amines is 1. The summed E-state index contributed by atoms with van der Waals surface area (Å²) in [5.74, 6) is -1.44. The van der Waals surface area contributed by atoms with Crippen molar-refractivity contribution in [1.82, 2.24) is 10.3 Å². The molecule has 2 aromatic rings. The number of nitrogens with one attached hydrogen (secondary N) is 3. The topological polar surface area (TPSA) is 94.2 Å². The average Bonchev–Trinajstić information content (AvgIpc) is 2.93. The van der Waals surface area contributed by atoms with E-state index in [2.05, 4.69) is 15.6 Å². The van der Waals surface area contributed by atoms with Gasteiger partial charge in [-0.25, -0.2) is 0 Å². The highest BCUT2D eigenvalue weighted by molar-refractivity contribution is 6.39. The van der Waals surface area contributed by atoms with Gasteiger partial charge in [0.05, 0.1) is 5.60 Å². The standard InChI is InChI=1S/C18H23N3O3/c22-16(20-12-18(24)8-3-1-2-4-9-18)17(23)21-14-5-6-15-13(11-14)7-10-19-15/h5-7,10-11,19,24H,1-4,8-9,12H2,(H,20,22)(H,21,23). The van der Waals surface area contributed by atoms with Gasteiger partial charge in [-0.2, -0.15) is 0 Å². The Morgan fingerprint density at radius 1 is 1.08 bits per heavy atom. The summed E-state index contributed by atoms with van der Waals surface area (Å²) in [6, 6.07) is 7.28. The molecule has 0 aliphatic heterocycles. The van der Waals surface area contributed by atoms with E-state index in [4.69, 9.17) is 0 Å². The van der Waals surface area contributed by atoms with E-state index >= 15 is 0 Å². The van der Waals surface area contributed by atoms with Crippen LogP contribution >= 0.6 is 0 Å². The molecule has 2 amide bonds.